The highest BCUT2D eigenvalue weighted by molar-refractivity contribution is 8.02. The first-order valence-corrected chi connectivity index (χ1v) is 13.9. The number of carbonyl (C=O) groups excluding carboxylic acids is 3. The molecule has 5 rings (SSSR count). The summed E-state index contributed by atoms with van der Waals surface area (Å²) >= 11 is 1.59. The third kappa shape index (κ3) is 3.89. The summed E-state index contributed by atoms with van der Waals surface area (Å²) in [6, 6.07) is 8.62. The number of aliphatic hydroxyl groups excluding tert-OH is 1. The lowest BCUT2D eigenvalue weighted by Gasteiger charge is -2.38. The fourth-order valence-corrected chi connectivity index (χ4v) is 8.39. The molecule has 0 bridgehead atoms. The van der Waals surface area contributed by atoms with E-state index < -0.39 is 28.7 Å². The van der Waals surface area contributed by atoms with Crippen LogP contribution in [0.25, 0.3) is 0 Å². The van der Waals surface area contributed by atoms with Gasteiger partial charge in [-0.2, -0.15) is 0 Å². The van der Waals surface area contributed by atoms with Crippen molar-refractivity contribution in [2.24, 2.45) is 11.8 Å². The molecular formula is C28H35N3O4S. The van der Waals surface area contributed by atoms with Crippen molar-refractivity contribution in [2.45, 2.75) is 55.3 Å². The van der Waals surface area contributed by atoms with Crippen molar-refractivity contribution in [3.05, 3.63) is 60.2 Å². The number of aliphatic hydroxyl groups is 1. The Bertz CT molecular complexity index is 1070. The van der Waals surface area contributed by atoms with Crippen LogP contribution in [0.15, 0.2) is 54.6 Å². The Hall–Kier alpha value is -2.58. The molecule has 2 saturated heterocycles. The zero-order valence-corrected chi connectivity index (χ0v) is 21.8. The van der Waals surface area contributed by atoms with E-state index in [0.29, 0.717) is 32.6 Å². The van der Waals surface area contributed by atoms with Crippen LogP contribution in [0, 0.1) is 11.8 Å². The van der Waals surface area contributed by atoms with E-state index in [0.717, 1.165) is 12.0 Å². The minimum atomic E-state index is -0.841. The van der Waals surface area contributed by atoms with Gasteiger partial charge in [0.05, 0.1) is 29.2 Å². The summed E-state index contributed by atoms with van der Waals surface area (Å²) in [5.74, 6) is -1.45. The standard InChI is InChI=1S/C28H35N3O4S/c1-3-14-29-15-8-12-21-22(25(29)33)23-26(34)31(20(4-2)18-32)24-27(35)30(16-9-13-28(23,24)36-21)17-19-10-6-5-7-11-19/h5-13,20-24,32H,3-4,14-18H2,1-2H3/t20-,21-,22+,23-,24?,28-/m0/s1. The largest absolute Gasteiger partial charge is 0.394 e. The molecule has 6 atom stereocenters. The third-order valence-electron chi connectivity index (χ3n) is 8.05. The smallest absolute Gasteiger partial charge is 0.247 e. The van der Waals surface area contributed by atoms with E-state index in [2.05, 4.69) is 6.08 Å². The van der Waals surface area contributed by atoms with Gasteiger partial charge in [0.25, 0.3) is 0 Å². The van der Waals surface area contributed by atoms with Crippen molar-refractivity contribution < 1.29 is 19.5 Å². The van der Waals surface area contributed by atoms with Crippen LogP contribution in [0.2, 0.25) is 0 Å². The first kappa shape index (κ1) is 25.1. The van der Waals surface area contributed by atoms with E-state index in [1.165, 1.54) is 0 Å². The summed E-state index contributed by atoms with van der Waals surface area (Å²) in [6.07, 6.45) is 9.52. The van der Waals surface area contributed by atoms with Crippen LogP contribution in [0.4, 0.5) is 0 Å². The molecule has 8 heteroatoms. The van der Waals surface area contributed by atoms with Gasteiger partial charge in [0, 0.05) is 31.4 Å². The van der Waals surface area contributed by atoms with Crippen LogP contribution < -0.4 is 0 Å². The predicted octanol–water partition coefficient (Wildman–Crippen LogP) is 2.46. The van der Waals surface area contributed by atoms with E-state index in [1.54, 1.807) is 21.6 Å². The second-order valence-electron chi connectivity index (χ2n) is 10.2. The first-order chi connectivity index (χ1) is 17.5. The molecule has 3 amide bonds. The Labute approximate surface area is 217 Å². The highest BCUT2D eigenvalue weighted by Gasteiger charge is 2.71. The maximum absolute atomic E-state index is 14.3. The molecule has 0 aromatic heterocycles. The van der Waals surface area contributed by atoms with Crippen LogP contribution in [0.5, 0.6) is 0 Å². The van der Waals surface area contributed by atoms with Crippen LogP contribution in [-0.4, -0.2) is 85.8 Å². The van der Waals surface area contributed by atoms with Crippen molar-refractivity contribution in [1.29, 1.82) is 0 Å². The second-order valence-corrected chi connectivity index (χ2v) is 11.6. The topological polar surface area (TPSA) is 81.2 Å². The average molecular weight is 510 g/mol. The number of likely N-dealkylation sites (tertiary alicyclic amines) is 1. The van der Waals surface area contributed by atoms with E-state index >= 15 is 0 Å². The van der Waals surface area contributed by atoms with Gasteiger partial charge >= 0.3 is 0 Å². The molecule has 4 heterocycles. The summed E-state index contributed by atoms with van der Waals surface area (Å²) in [7, 11) is 0. The van der Waals surface area contributed by atoms with Gasteiger partial charge in [-0.1, -0.05) is 68.5 Å². The number of amides is 3. The average Bonchev–Trinajstić information content (AvgIpc) is 3.21. The fraction of sp³-hybridized carbons (Fsp3) is 0.536. The molecule has 2 fully saturated rings. The van der Waals surface area contributed by atoms with Gasteiger partial charge < -0.3 is 19.8 Å². The predicted molar refractivity (Wildman–Crippen MR) is 140 cm³/mol. The number of benzene rings is 1. The quantitative estimate of drug-likeness (QED) is 0.571. The molecule has 7 nitrogen and oxygen atoms in total. The van der Waals surface area contributed by atoms with Crippen molar-refractivity contribution in [3.63, 3.8) is 0 Å². The Balaban J connectivity index is 1.58. The van der Waals surface area contributed by atoms with Crippen molar-refractivity contribution in [2.75, 3.05) is 26.2 Å². The highest BCUT2D eigenvalue weighted by atomic mass is 32.2. The highest BCUT2D eigenvalue weighted by Crippen LogP contribution is 2.61. The lowest BCUT2D eigenvalue weighted by molar-refractivity contribution is -0.147. The SMILES string of the molecule is CCCN1CC=C[C@@H]2S[C@]34C=CCN(Cc5ccccc5)C(=O)C3N([C@@H](CC)CO)C(=O)[C@@H]4[C@@H]2C1=O. The van der Waals surface area contributed by atoms with Crippen LogP contribution in [0.1, 0.15) is 32.3 Å². The number of hydrogen-bond acceptors (Lipinski definition) is 5. The number of thioether (sulfide) groups is 1. The van der Waals surface area contributed by atoms with E-state index in [9.17, 15) is 19.5 Å². The minimum absolute atomic E-state index is 0.00143. The lowest BCUT2D eigenvalue weighted by Crippen LogP contribution is -2.56. The Morgan fingerprint density at radius 3 is 2.47 bits per heavy atom. The zero-order chi connectivity index (χ0) is 25.4. The Morgan fingerprint density at radius 1 is 1.03 bits per heavy atom. The first-order valence-electron chi connectivity index (χ1n) is 13.0. The molecule has 0 aliphatic carbocycles. The van der Waals surface area contributed by atoms with Gasteiger partial charge in [-0.3, -0.25) is 14.4 Å². The molecule has 1 aromatic carbocycles. The number of fused-ring (bicyclic) bond motifs is 2. The molecule has 1 spiro atoms. The Morgan fingerprint density at radius 2 is 1.78 bits per heavy atom. The van der Waals surface area contributed by atoms with Crippen molar-refractivity contribution in [1.82, 2.24) is 14.7 Å². The number of hydrogen-bond donors (Lipinski definition) is 1. The molecule has 4 aliphatic rings. The van der Waals surface area contributed by atoms with Crippen LogP contribution in [0.3, 0.4) is 0 Å². The number of carbonyl (C=O) groups is 3. The van der Waals surface area contributed by atoms with Gasteiger partial charge in [-0.25, -0.2) is 0 Å². The summed E-state index contributed by atoms with van der Waals surface area (Å²) in [5, 5.41) is 10.1. The molecule has 1 N–H and O–H groups in total. The third-order valence-corrected chi connectivity index (χ3v) is 9.79. The van der Waals surface area contributed by atoms with Gasteiger partial charge in [-0.05, 0) is 18.4 Å². The zero-order valence-electron chi connectivity index (χ0n) is 21.0. The van der Waals surface area contributed by atoms with E-state index in [1.807, 2.05) is 67.3 Å². The van der Waals surface area contributed by atoms with Gasteiger partial charge in [-0.15, -0.1) is 11.8 Å². The minimum Gasteiger partial charge on any atom is -0.394 e. The lowest BCUT2D eigenvalue weighted by atomic mass is 9.78. The molecule has 4 aliphatic heterocycles. The summed E-state index contributed by atoms with van der Waals surface area (Å²) in [4.78, 5) is 47.6. The number of rotatable bonds is 7. The maximum atomic E-state index is 14.3. The molecule has 1 unspecified atom stereocenters. The van der Waals surface area contributed by atoms with Crippen molar-refractivity contribution in [3.8, 4) is 0 Å². The monoisotopic (exact) mass is 509 g/mol. The van der Waals surface area contributed by atoms with Crippen LogP contribution in [-0.2, 0) is 20.9 Å². The molecule has 1 aromatic rings. The maximum Gasteiger partial charge on any atom is 0.247 e. The number of nitrogens with zero attached hydrogens (tertiary/aromatic N) is 3. The van der Waals surface area contributed by atoms with Crippen LogP contribution >= 0.6 is 11.8 Å². The molecular weight excluding hydrogens is 474 g/mol. The normalized spacial score (nSPS) is 32.3. The molecule has 36 heavy (non-hydrogen) atoms. The fourth-order valence-electron chi connectivity index (χ4n) is 6.40. The van der Waals surface area contributed by atoms with Crippen molar-refractivity contribution >= 4 is 29.5 Å². The van der Waals surface area contributed by atoms with Gasteiger partial charge in [0.1, 0.15) is 6.04 Å². The summed E-state index contributed by atoms with van der Waals surface area (Å²) < 4.78 is -0.841. The van der Waals surface area contributed by atoms with Gasteiger partial charge in [0.2, 0.25) is 17.7 Å². The van der Waals surface area contributed by atoms with Gasteiger partial charge in [0.15, 0.2) is 0 Å². The molecule has 192 valence electrons. The van der Waals surface area contributed by atoms with E-state index in [4.69, 9.17) is 0 Å². The Kier molecular flexibility index (Phi) is 7.01. The van der Waals surface area contributed by atoms with E-state index in [-0.39, 0.29) is 29.6 Å². The molecule has 0 radical (unpaired) electrons. The summed E-state index contributed by atoms with van der Waals surface area (Å²) in [5.41, 5.74) is 1.02. The molecule has 0 saturated carbocycles. The summed E-state index contributed by atoms with van der Waals surface area (Å²) in [6.45, 7) is 5.83. The second kappa shape index (κ2) is 10.1.